The van der Waals surface area contributed by atoms with E-state index in [-0.39, 0.29) is 0 Å². The summed E-state index contributed by atoms with van der Waals surface area (Å²) < 4.78 is 0. The van der Waals surface area contributed by atoms with Crippen molar-refractivity contribution in [3.05, 3.63) is 34.3 Å². The average Bonchev–Trinajstić information content (AvgIpc) is 2.13. The van der Waals surface area contributed by atoms with Crippen LogP contribution in [0.5, 0.6) is 0 Å². The van der Waals surface area contributed by atoms with E-state index in [1.54, 1.807) is 0 Å². The molecule has 1 aromatic rings. The quantitative estimate of drug-likeness (QED) is 0.715. The number of rotatable bonds is 1. The van der Waals surface area contributed by atoms with Crippen molar-refractivity contribution < 1.29 is 5.11 Å². The Hall–Kier alpha value is -0.530. The van der Waals surface area contributed by atoms with Crippen molar-refractivity contribution in [3.63, 3.8) is 0 Å². The van der Waals surface area contributed by atoms with Crippen LogP contribution in [0.2, 0.25) is 5.02 Å². The Morgan fingerprint density at radius 2 is 1.92 bits per heavy atom. The van der Waals surface area contributed by atoms with Gasteiger partial charge in [-0.25, -0.2) is 0 Å². The largest absolute Gasteiger partial charge is 0.400 e. The second-order valence-electron chi connectivity index (χ2n) is 2.45. The highest BCUT2D eigenvalue weighted by atomic mass is 35.5. The van der Waals surface area contributed by atoms with Gasteiger partial charge in [0, 0.05) is 12.1 Å². The van der Waals surface area contributed by atoms with Gasteiger partial charge in [0.2, 0.25) is 0 Å². The zero-order chi connectivity index (χ0) is 9.56. The molecule has 0 unspecified atom stereocenters. The molecule has 68 valence electrons. The van der Waals surface area contributed by atoms with Gasteiger partial charge in [-0.05, 0) is 25.0 Å². The highest BCUT2D eigenvalue weighted by Crippen LogP contribution is 2.17. The van der Waals surface area contributed by atoms with Crippen LogP contribution in [0.15, 0.2) is 18.2 Å². The van der Waals surface area contributed by atoms with Crippen LogP contribution < -0.4 is 0 Å². The van der Waals surface area contributed by atoms with E-state index < -0.39 is 0 Å². The first-order valence-corrected chi connectivity index (χ1v) is 4.31. The topological polar surface area (TPSA) is 20.2 Å². The van der Waals surface area contributed by atoms with Gasteiger partial charge in [0.05, 0.1) is 0 Å². The smallest absolute Gasteiger partial charge is 0.0438 e. The molecule has 0 aromatic heterocycles. The van der Waals surface area contributed by atoms with E-state index in [0.29, 0.717) is 0 Å². The standard InChI is InChI=1S/C9H11Cl.CH4O/c1-3-8-6-7(2)4-5-9(8)10;1-2/h4-6H,3H2,1-2H3;2H,1H3. The molecule has 1 aromatic carbocycles. The summed E-state index contributed by atoms with van der Waals surface area (Å²) in [7, 11) is 1.00. The van der Waals surface area contributed by atoms with E-state index in [4.69, 9.17) is 16.7 Å². The third kappa shape index (κ3) is 3.24. The van der Waals surface area contributed by atoms with Crippen LogP contribution >= 0.6 is 11.6 Å². The lowest BCUT2D eigenvalue weighted by atomic mass is 10.1. The van der Waals surface area contributed by atoms with Crippen LogP contribution in [0, 0.1) is 6.92 Å². The molecule has 0 amide bonds. The lowest BCUT2D eigenvalue weighted by Gasteiger charge is -2.00. The van der Waals surface area contributed by atoms with Crippen molar-refractivity contribution in [2.24, 2.45) is 0 Å². The predicted octanol–water partition coefficient (Wildman–Crippen LogP) is 2.82. The Morgan fingerprint density at radius 1 is 1.33 bits per heavy atom. The highest BCUT2D eigenvalue weighted by molar-refractivity contribution is 6.31. The molecule has 0 saturated carbocycles. The summed E-state index contributed by atoms with van der Waals surface area (Å²) in [6, 6.07) is 6.11. The molecule has 2 heteroatoms. The summed E-state index contributed by atoms with van der Waals surface area (Å²) in [5.41, 5.74) is 2.52. The number of hydrogen-bond donors (Lipinski definition) is 1. The van der Waals surface area contributed by atoms with Gasteiger partial charge in [-0.3, -0.25) is 0 Å². The van der Waals surface area contributed by atoms with E-state index in [2.05, 4.69) is 19.9 Å². The van der Waals surface area contributed by atoms with Crippen LogP contribution in [0.25, 0.3) is 0 Å². The first kappa shape index (κ1) is 11.5. The van der Waals surface area contributed by atoms with Gasteiger partial charge in [0.15, 0.2) is 0 Å². The van der Waals surface area contributed by atoms with Crippen molar-refractivity contribution in [2.45, 2.75) is 20.3 Å². The van der Waals surface area contributed by atoms with E-state index in [9.17, 15) is 0 Å². The lowest BCUT2D eigenvalue weighted by Crippen LogP contribution is -1.82. The minimum absolute atomic E-state index is 0.883. The molecule has 0 saturated heterocycles. The maximum absolute atomic E-state index is 7.00. The molecular weight excluding hydrogens is 172 g/mol. The number of aliphatic hydroxyl groups is 1. The molecule has 0 aliphatic rings. The molecule has 0 radical (unpaired) electrons. The molecular formula is C10H15ClO. The highest BCUT2D eigenvalue weighted by Gasteiger charge is 1.95. The van der Waals surface area contributed by atoms with Crippen LogP contribution in [0.4, 0.5) is 0 Å². The zero-order valence-electron chi connectivity index (χ0n) is 7.76. The maximum Gasteiger partial charge on any atom is 0.0438 e. The molecule has 0 bridgehead atoms. The van der Waals surface area contributed by atoms with Gasteiger partial charge in [-0.2, -0.15) is 0 Å². The van der Waals surface area contributed by atoms with Gasteiger partial charge in [-0.1, -0.05) is 36.2 Å². The monoisotopic (exact) mass is 186 g/mol. The van der Waals surface area contributed by atoms with Crippen molar-refractivity contribution in [1.82, 2.24) is 0 Å². The van der Waals surface area contributed by atoms with Crippen LogP contribution in [0.3, 0.4) is 0 Å². The molecule has 1 N–H and O–H groups in total. The van der Waals surface area contributed by atoms with Crippen LogP contribution in [-0.2, 0) is 6.42 Å². The fraction of sp³-hybridized carbons (Fsp3) is 0.400. The Morgan fingerprint density at radius 3 is 2.33 bits per heavy atom. The Labute approximate surface area is 79.0 Å². The van der Waals surface area contributed by atoms with E-state index in [1.165, 1.54) is 11.1 Å². The Bertz CT molecular complexity index is 233. The first-order valence-electron chi connectivity index (χ1n) is 3.93. The predicted molar refractivity (Wildman–Crippen MR) is 53.7 cm³/mol. The van der Waals surface area contributed by atoms with Crippen molar-refractivity contribution in [2.75, 3.05) is 7.11 Å². The molecule has 0 heterocycles. The minimum atomic E-state index is 0.883. The summed E-state index contributed by atoms with van der Waals surface area (Å²) in [5, 5.41) is 7.88. The third-order valence-electron chi connectivity index (χ3n) is 1.58. The maximum atomic E-state index is 7.00. The summed E-state index contributed by atoms with van der Waals surface area (Å²) in [6.07, 6.45) is 1.01. The molecule has 12 heavy (non-hydrogen) atoms. The van der Waals surface area contributed by atoms with Crippen molar-refractivity contribution >= 4 is 11.6 Å². The normalized spacial score (nSPS) is 8.75. The van der Waals surface area contributed by atoms with E-state index in [1.807, 2.05) is 12.1 Å². The average molecular weight is 187 g/mol. The second kappa shape index (κ2) is 6.04. The molecule has 1 rings (SSSR count). The fourth-order valence-corrected chi connectivity index (χ4v) is 1.23. The van der Waals surface area contributed by atoms with Gasteiger partial charge >= 0.3 is 0 Å². The fourth-order valence-electron chi connectivity index (χ4n) is 0.974. The number of halogens is 1. The van der Waals surface area contributed by atoms with Gasteiger partial charge in [-0.15, -0.1) is 0 Å². The lowest BCUT2D eigenvalue weighted by molar-refractivity contribution is 0.399. The van der Waals surface area contributed by atoms with E-state index >= 15 is 0 Å². The van der Waals surface area contributed by atoms with Crippen molar-refractivity contribution in [3.8, 4) is 0 Å². The van der Waals surface area contributed by atoms with Gasteiger partial charge in [0.1, 0.15) is 0 Å². The Balaban J connectivity index is 0.000000561. The first-order chi connectivity index (χ1) is 5.74. The number of benzene rings is 1. The summed E-state index contributed by atoms with van der Waals surface area (Å²) in [5.74, 6) is 0. The second-order valence-corrected chi connectivity index (χ2v) is 2.86. The Kier molecular flexibility index (Phi) is 5.77. The SMILES string of the molecule is CCc1cc(C)ccc1Cl.CO. The minimum Gasteiger partial charge on any atom is -0.400 e. The number of aliphatic hydroxyl groups excluding tert-OH is 1. The molecule has 0 aliphatic carbocycles. The zero-order valence-corrected chi connectivity index (χ0v) is 8.52. The van der Waals surface area contributed by atoms with Crippen molar-refractivity contribution in [1.29, 1.82) is 0 Å². The molecule has 1 nitrogen and oxygen atoms in total. The number of hydrogen-bond acceptors (Lipinski definition) is 1. The molecule has 0 atom stereocenters. The third-order valence-corrected chi connectivity index (χ3v) is 1.95. The number of aryl methyl sites for hydroxylation is 2. The molecule has 0 aliphatic heterocycles. The summed E-state index contributed by atoms with van der Waals surface area (Å²) >= 11 is 5.90. The molecule has 0 spiro atoms. The van der Waals surface area contributed by atoms with Gasteiger partial charge in [0.25, 0.3) is 0 Å². The van der Waals surface area contributed by atoms with E-state index in [0.717, 1.165) is 18.6 Å². The van der Waals surface area contributed by atoms with Gasteiger partial charge < -0.3 is 5.11 Å². The molecule has 0 fully saturated rings. The van der Waals surface area contributed by atoms with Crippen LogP contribution in [0.1, 0.15) is 18.1 Å². The van der Waals surface area contributed by atoms with Crippen LogP contribution in [-0.4, -0.2) is 12.2 Å². The summed E-state index contributed by atoms with van der Waals surface area (Å²) in [4.78, 5) is 0. The summed E-state index contributed by atoms with van der Waals surface area (Å²) in [6.45, 7) is 4.19.